The lowest BCUT2D eigenvalue weighted by atomic mass is 10.1. The topological polar surface area (TPSA) is 101 Å². The standard InChI is InChI=1S/C20H21N5O3/c1-13-9-14(2)25(23-13)8-7-24(3)19(26)16-6-4-5-15(10-16)17-11-21-12-18(22-17)20(27)28/h4-6,9-12H,7-8H2,1-3H3,(H,27,28). The number of nitrogens with zero attached hydrogens (tertiary/aromatic N) is 5. The van der Waals surface area contributed by atoms with Gasteiger partial charge in [-0.1, -0.05) is 12.1 Å². The lowest BCUT2D eigenvalue weighted by Gasteiger charge is -2.18. The fraction of sp³-hybridized carbons (Fsp3) is 0.250. The first-order valence-corrected chi connectivity index (χ1v) is 8.77. The number of hydrogen-bond acceptors (Lipinski definition) is 5. The Bertz CT molecular complexity index is 1030. The number of benzene rings is 1. The minimum absolute atomic E-state index is 0.134. The fourth-order valence-electron chi connectivity index (χ4n) is 2.89. The fourth-order valence-corrected chi connectivity index (χ4v) is 2.89. The maximum absolute atomic E-state index is 12.8. The van der Waals surface area contributed by atoms with Crippen molar-refractivity contribution in [2.24, 2.45) is 0 Å². The van der Waals surface area contributed by atoms with E-state index in [1.54, 1.807) is 36.2 Å². The summed E-state index contributed by atoms with van der Waals surface area (Å²) in [5.74, 6) is -1.28. The average Bonchev–Trinajstić information content (AvgIpc) is 3.02. The molecule has 0 bridgehead atoms. The SMILES string of the molecule is Cc1cc(C)n(CCN(C)C(=O)c2cccc(-c3cncc(C(=O)O)n3)c2)n1. The van der Waals surface area contributed by atoms with Crippen LogP contribution >= 0.6 is 0 Å². The second kappa shape index (κ2) is 7.99. The van der Waals surface area contributed by atoms with E-state index >= 15 is 0 Å². The number of amides is 1. The third kappa shape index (κ3) is 4.22. The molecular weight excluding hydrogens is 358 g/mol. The second-order valence-electron chi connectivity index (χ2n) is 6.55. The van der Waals surface area contributed by atoms with Crippen LogP contribution in [0.15, 0.2) is 42.7 Å². The van der Waals surface area contributed by atoms with E-state index in [4.69, 9.17) is 5.11 Å². The lowest BCUT2D eigenvalue weighted by molar-refractivity contribution is 0.0689. The van der Waals surface area contributed by atoms with Gasteiger partial charge in [0.05, 0.1) is 30.3 Å². The minimum Gasteiger partial charge on any atom is -0.476 e. The van der Waals surface area contributed by atoms with Crippen molar-refractivity contribution < 1.29 is 14.7 Å². The van der Waals surface area contributed by atoms with Crippen molar-refractivity contribution >= 4 is 11.9 Å². The number of aromatic nitrogens is 4. The van der Waals surface area contributed by atoms with Gasteiger partial charge in [0.15, 0.2) is 5.69 Å². The molecule has 1 N–H and O–H groups in total. The predicted octanol–water partition coefficient (Wildman–Crippen LogP) is 2.43. The summed E-state index contributed by atoms with van der Waals surface area (Å²) in [5, 5.41) is 13.5. The quantitative estimate of drug-likeness (QED) is 0.706. The van der Waals surface area contributed by atoms with Crippen molar-refractivity contribution in [3.8, 4) is 11.3 Å². The molecule has 0 unspecified atom stereocenters. The van der Waals surface area contributed by atoms with Gasteiger partial charge < -0.3 is 10.0 Å². The Morgan fingerprint density at radius 1 is 1.18 bits per heavy atom. The van der Waals surface area contributed by atoms with Crippen LogP contribution in [0.1, 0.15) is 32.2 Å². The molecule has 28 heavy (non-hydrogen) atoms. The zero-order valence-corrected chi connectivity index (χ0v) is 16.0. The van der Waals surface area contributed by atoms with Crippen molar-refractivity contribution in [2.45, 2.75) is 20.4 Å². The first kappa shape index (κ1) is 19.2. The highest BCUT2D eigenvalue weighted by Gasteiger charge is 2.14. The summed E-state index contributed by atoms with van der Waals surface area (Å²) in [4.78, 5) is 33.5. The van der Waals surface area contributed by atoms with Crippen molar-refractivity contribution in [3.05, 3.63) is 65.4 Å². The molecule has 0 aliphatic heterocycles. The van der Waals surface area contributed by atoms with E-state index in [1.165, 1.54) is 12.4 Å². The molecule has 2 aromatic heterocycles. The van der Waals surface area contributed by atoms with Gasteiger partial charge in [0.1, 0.15) is 0 Å². The van der Waals surface area contributed by atoms with Gasteiger partial charge in [0.25, 0.3) is 5.91 Å². The van der Waals surface area contributed by atoms with Crippen LogP contribution in [0.2, 0.25) is 0 Å². The highest BCUT2D eigenvalue weighted by Crippen LogP contribution is 2.19. The van der Waals surface area contributed by atoms with Crippen molar-refractivity contribution in [1.29, 1.82) is 0 Å². The van der Waals surface area contributed by atoms with E-state index in [-0.39, 0.29) is 11.6 Å². The van der Waals surface area contributed by atoms with E-state index < -0.39 is 5.97 Å². The van der Waals surface area contributed by atoms with Crippen molar-refractivity contribution in [3.63, 3.8) is 0 Å². The zero-order valence-electron chi connectivity index (χ0n) is 16.0. The molecule has 0 spiro atoms. The minimum atomic E-state index is -1.15. The van der Waals surface area contributed by atoms with Crippen molar-refractivity contribution in [2.75, 3.05) is 13.6 Å². The predicted molar refractivity (Wildman–Crippen MR) is 103 cm³/mol. The van der Waals surface area contributed by atoms with Gasteiger partial charge >= 0.3 is 5.97 Å². The zero-order chi connectivity index (χ0) is 20.3. The first-order valence-electron chi connectivity index (χ1n) is 8.77. The molecular formula is C20H21N5O3. The third-order valence-electron chi connectivity index (χ3n) is 4.36. The van der Waals surface area contributed by atoms with Crippen LogP contribution in [0.25, 0.3) is 11.3 Å². The normalized spacial score (nSPS) is 10.7. The van der Waals surface area contributed by atoms with Gasteiger partial charge in [-0.2, -0.15) is 5.10 Å². The maximum Gasteiger partial charge on any atom is 0.356 e. The summed E-state index contributed by atoms with van der Waals surface area (Å²) >= 11 is 0. The number of carboxylic acid groups (broad SMARTS) is 1. The van der Waals surface area contributed by atoms with Crippen molar-refractivity contribution in [1.82, 2.24) is 24.6 Å². The molecule has 8 nitrogen and oxygen atoms in total. The molecule has 3 aromatic rings. The maximum atomic E-state index is 12.8. The summed E-state index contributed by atoms with van der Waals surface area (Å²) in [7, 11) is 1.74. The summed E-state index contributed by atoms with van der Waals surface area (Å²) in [6.07, 6.45) is 2.66. The molecule has 2 heterocycles. The molecule has 0 radical (unpaired) electrons. The highest BCUT2D eigenvalue weighted by atomic mass is 16.4. The summed E-state index contributed by atoms with van der Waals surface area (Å²) in [6.45, 7) is 5.04. The van der Waals surface area contributed by atoms with Crippen LogP contribution in [0.5, 0.6) is 0 Å². The number of aromatic carboxylic acids is 1. The van der Waals surface area contributed by atoms with E-state index in [1.807, 2.05) is 24.6 Å². The Balaban J connectivity index is 1.75. The lowest BCUT2D eigenvalue weighted by Crippen LogP contribution is -2.30. The molecule has 0 atom stereocenters. The number of aryl methyl sites for hydroxylation is 2. The van der Waals surface area contributed by atoms with E-state index in [9.17, 15) is 9.59 Å². The van der Waals surface area contributed by atoms with Gasteiger partial charge in [-0.3, -0.25) is 14.5 Å². The van der Waals surface area contributed by atoms with Gasteiger partial charge in [0, 0.05) is 30.4 Å². The number of carboxylic acids is 1. The first-order chi connectivity index (χ1) is 13.3. The Morgan fingerprint density at radius 3 is 2.64 bits per heavy atom. The Kier molecular flexibility index (Phi) is 5.49. The average molecular weight is 379 g/mol. The van der Waals surface area contributed by atoms with Gasteiger partial charge in [-0.25, -0.2) is 9.78 Å². The molecule has 1 amide bonds. The third-order valence-corrected chi connectivity index (χ3v) is 4.36. The molecule has 0 aliphatic rings. The number of hydrogen-bond donors (Lipinski definition) is 1. The van der Waals surface area contributed by atoms with E-state index in [2.05, 4.69) is 15.1 Å². The van der Waals surface area contributed by atoms with Crippen LogP contribution in [0.4, 0.5) is 0 Å². The van der Waals surface area contributed by atoms with Gasteiger partial charge in [0.2, 0.25) is 0 Å². The molecule has 0 aliphatic carbocycles. The van der Waals surface area contributed by atoms with Crippen LogP contribution in [0, 0.1) is 13.8 Å². The van der Waals surface area contributed by atoms with Gasteiger partial charge in [-0.15, -0.1) is 0 Å². The Labute approximate surface area is 162 Å². The molecule has 0 fully saturated rings. The van der Waals surface area contributed by atoms with Gasteiger partial charge in [-0.05, 0) is 32.0 Å². The number of carbonyl (C=O) groups is 2. The molecule has 144 valence electrons. The Hall–Kier alpha value is -3.55. The largest absolute Gasteiger partial charge is 0.476 e. The summed E-state index contributed by atoms with van der Waals surface area (Å²) in [5.41, 5.74) is 3.39. The van der Waals surface area contributed by atoms with E-state index in [0.29, 0.717) is 29.9 Å². The van der Waals surface area contributed by atoms with Crippen LogP contribution in [0.3, 0.4) is 0 Å². The summed E-state index contributed by atoms with van der Waals surface area (Å²) < 4.78 is 1.88. The number of rotatable bonds is 6. The molecule has 8 heteroatoms. The van der Waals surface area contributed by atoms with E-state index in [0.717, 1.165) is 11.4 Å². The molecule has 0 saturated heterocycles. The Morgan fingerprint density at radius 2 is 1.96 bits per heavy atom. The molecule has 1 aromatic carbocycles. The highest BCUT2D eigenvalue weighted by molar-refractivity contribution is 5.95. The molecule has 3 rings (SSSR count). The molecule has 0 saturated carbocycles. The van der Waals surface area contributed by atoms with Crippen LogP contribution in [-0.4, -0.2) is 55.2 Å². The van der Waals surface area contributed by atoms with Crippen LogP contribution in [-0.2, 0) is 6.54 Å². The monoisotopic (exact) mass is 379 g/mol. The van der Waals surface area contributed by atoms with Crippen LogP contribution < -0.4 is 0 Å². The summed E-state index contributed by atoms with van der Waals surface area (Å²) in [6, 6.07) is 8.92. The second-order valence-corrected chi connectivity index (χ2v) is 6.55. The number of carbonyl (C=O) groups excluding carboxylic acids is 1. The number of likely N-dealkylation sites (N-methyl/N-ethyl adjacent to an activating group) is 1. The smallest absolute Gasteiger partial charge is 0.356 e.